The van der Waals surface area contributed by atoms with E-state index in [2.05, 4.69) is 90.1 Å². The van der Waals surface area contributed by atoms with Crippen molar-refractivity contribution < 1.29 is 5.11 Å². The molecule has 1 N–H and O–H groups in total. The van der Waals surface area contributed by atoms with Gasteiger partial charge in [-0.1, -0.05) is 83.9 Å². The van der Waals surface area contributed by atoms with Crippen LogP contribution in [-0.2, 0) is 0 Å². The first-order chi connectivity index (χ1) is 15.2. The van der Waals surface area contributed by atoms with Gasteiger partial charge in [0.1, 0.15) is 6.10 Å². The number of aryl methyl sites for hydroxylation is 6. The van der Waals surface area contributed by atoms with Crippen molar-refractivity contribution in [3.8, 4) is 22.3 Å². The van der Waals surface area contributed by atoms with E-state index < -0.39 is 6.10 Å². The second-order valence-electron chi connectivity index (χ2n) is 9.19. The molecule has 0 spiro atoms. The highest BCUT2D eigenvalue weighted by molar-refractivity contribution is 5.72. The normalized spacial score (nSPS) is 11.2. The van der Waals surface area contributed by atoms with Gasteiger partial charge in [0.2, 0.25) is 0 Å². The molecule has 0 saturated carbocycles. The summed E-state index contributed by atoms with van der Waals surface area (Å²) < 4.78 is 0. The van der Waals surface area contributed by atoms with Crippen LogP contribution in [0, 0.1) is 41.5 Å². The highest BCUT2D eigenvalue weighted by Crippen LogP contribution is 2.32. The first-order valence-corrected chi connectivity index (χ1v) is 11.3. The number of rotatable bonds is 4. The van der Waals surface area contributed by atoms with Crippen LogP contribution in [0.4, 0.5) is 0 Å². The number of benzene rings is 4. The van der Waals surface area contributed by atoms with Crippen molar-refractivity contribution in [2.45, 2.75) is 47.6 Å². The first-order valence-electron chi connectivity index (χ1n) is 11.3. The third-order valence-corrected chi connectivity index (χ3v) is 6.38. The molecule has 0 radical (unpaired) electrons. The van der Waals surface area contributed by atoms with Crippen LogP contribution >= 0.6 is 0 Å². The lowest BCUT2D eigenvalue weighted by Crippen LogP contribution is -2.00. The average molecular weight is 421 g/mol. The molecule has 162 valence electrons. The van der Waals surface area contributed by atoms with Gasteiger partial charge >= 0.3 is 0 Å². The zero-order valence-electron chi connectivity index (χ0n) is 20.0. The topological polar surface area (TPSA) is 20.2 Å². The van der Waals surface area contributed by atoms with Crippen LogP contribution in [0.15, 0.2) is 72.8 Å². The van der Waals surface area contributed by atoms with Gasteiger partial charge in [0.05, 0.1) is 0 Å². The number of aliphatic hydroxyl groups excluding tert-OH is 1. The molecule has 0 heterocycles. The maximum absolute atomic E-state index is 11.0. The smallest absolute Gasteiger partial charge is 0.104 e. The van der Waals surface area contributed by atoms with E-state index in [0.717, 1.165) is 11.1 Å². The molecule has 0 aromatic heterocycles. The first kappa shape index (κ1) is 22.0. The summed E-state index contributed by atoms with van der Waals surface area (Å²) in [6.07, 6.45) is -0.640. The molecule has 0 unspecified atom stereocenters. The van der Waals surface area contributed by atoms with Gasteiger partial charge in [0, 0.05) is 0 Å². The van der Waals surface area contributed by atoms with Crippen LogP contribution in [0.25, 0.3) is 22.3 Å². The van der Waals surface area contributed by atoms with E-state index in [4.69, 9.17) is 0 Å². The Morgan fingerprint density at radius 3 is 1.03 bits per heavy atom. The summed E-state index contributed by atoms with van der Waals surface area (Å²) in [6, 6.07) is 25.6. The quantitative estimate of drug-likeness (QED) is 0.355. The second kappa shape index (κ2) is 8.76. The van der Waals surface area contributed by atoms with Crippen LogP contribution < -0.4 is 0 Å². The summed E-state index contributed by atoms with van der Waals surface area (Å²) in [5.41, 5.74) is 14.5. The summed E-state index contributed by atoms with van der Waals surface area (Å²) in [7, 11) is 0. The van der Waals surface area contributed by atoms with Crippen LogP contribution in [0.2, 0.25) is 0 Å². The average Bonchev–Trinajstić information content (AvgIpc) is 2.73. The Labute approximate surface area is 192 Å². The molecule has 0 atom stereocenters. The van der Waals surface area contributed by atoms with E-state index >= 15 is 0 Å². The van der Waals surface area contributed by atoms with Gasteiger partial charge in [0.15, 0.2) is 0 Å². The van der Waals surface area contributed by atoms with E-state index in [-0.39, 0.29) is 0 Å². The largest absolute Gasteiger partial charge is 0.384 e. The highest BCUT2D eigenvalue weighted by atomic mass is 16.3. The zero-order valence-corrected chi connectivity index (χ0v) is 20.0. The van der Waals surface area contributed by atoms with Crippen LogP contribution in [0.1, 0.15) is 50.6 Å². The minimum atomic E-state index is -0.640. The number of aliphatic hydroxyl groups is 1. The summed E-state index contributed by atoms with van der Waals surface area (Å²) in [6.45, 7) is 12.9. The predicted octanol–water partition coefficient (Wildman–Crippen LogP) is 7.95. The van der Waals surface area contributed by atoms with Crippen molar-refractivity contribution in [3.63, 3.8) is 0 Å². The molecule has 0 aliphatic carbocycles. The number of hydrogen-bond donors (Lipinski definition) is 1. The van der Waals surface area contributed by atoms with Crippen molar-refractivity contribution in [2.24, 2.45) is 0 Å². The molecule has 4 aromatic carbocycles. The molecule has 4 aromatic rings. The molecule has 0 saturated heterocycles. The fourth-order valence-electron chi connectivity index (χ4n) is 5.13. The summed E-state index contributed by atoms with van der Waals surface area (Å²) in [4.78, 5) is 0. The van der Waals surface area contributed by atoms with Gasteiger partial charge in [-0.05, 0) is 97.2 Å². The van der Waals surface area contributed by atoms with Crippen molar-refractivity contribution in [1.29, 1.82) is 0 Å². The monoisotopic (exact) mass is 420 g/mol. The van der Waals surface area contributed by atoms with Crippen LogP contribution in [0.5, 0.6) is 0 Å². The summed E-state index contributed by atoms with van der Waals surface area (Å²) in [5.74, 6) is 0. The Morgan fingerprint density at radius 1 is 0.469 bits per heavy atom. The van der Waals surface area contributed by atoms with Gasteiger partial charge in [-0.25, -0.2) is 0 Å². The molecule has 0 aliphatic heterocycles. The lowest BCUT2D eigenvalue weighted by atomic mass is 9.91. The predicted molar refractivity (Wildman–Crippen MR) is 136 cm³/mol. The molecule has 4 rings (SSSR count). The van der Waals surface area contributed by atoms with E-state index in [9.17, 15) is 5.11 Å². The molecule has 0 amide bonds. The Hall–Kier alpha value is -3.16. The van der Waals surface area contributed by atoms with Crippen molar-refractivity contribution in [1.82, 2.24) is 0 Å². The van der Waals surface area contributed by atoms with E-state index in [1.807, 2.05) is 24.3 Å². The fourth-order valence-corrected chi connectivity index (χ4v) is 5.13. The van der Waals surface area contributed by atoms with Crippen LogP contribution in [-0.4, -0.2) is 5.11 Å². The highest BCUT2D eigenvalue weighted by Gasteiger charge is 2.13. The summed E-state index contributed by atoms with van der Waals surface area (Å²) in [5, 5.41) is 11.0. The van der Waals surface area contributed by atoms with Gasteiger partial charge in [0.25, 0.3) is 0 Å². The molecular formula is C31H32O. The molecule has 0 bridgehead atoms. The SMILES string of the molecule is Cc1cc(C)c(-c2ccc(C(O)c3ccc(-c4c(C)cc(C)cc4C)cc3)cc2)c(C)c1. The van der Waals surface area contributed by atoms with E-state index in [1.165, 1.54) is 55.6 Å². The third-order valence-electron chi connectivity index (χ3n) is 6.38. The molecule has 32 heavy (non-hydrogen) atoms. The fraction of sp³-hybridized carbons (Fsp3) is 0.226. The Kier molecular flexibility index (Phi) is 6.04. The molecular weight excluding hydrogens is 388 g/mol. The van der Waals surface area contributed by atoms with Crippen molar-refractivity contribution >= 4 is 0 Å². The van der Waals surface area contributed by atoms with Crippen molar-refractivity contribution in [3.05, 3.63) is 117 Å². The lowest BCUT2D eigenvalue weighted by Gasteiger charge is -2.16. The minimum absolute atomic E-state index is 0.640. The maximum atomic E-state index is 11.0. The van der Waals surface area contributed by atoms with E-state index in [0.29, 0.717) is 0 Å². The van der Waals surface area contributed by atoms with Gasteiger partial charge in [-0.3, -0.25) is 0 Å². The van der Waals surface area contributed by atoms with E-state index in [1.54, 1.807) is 0 Å². The van der Waals surface area contributed by atoms with Crippen LogP contribution in [0.3, 0.4) is 0 Å². The molecule has 1 heteroatoms. The molecule has 1 nitrogen and oxygen atoms in total. The Morgan fingerprint density at radius 2 is 0.750 bits per heavy atom. The lowest BCUT2D eigenvalue weighted by molar-refractivity contribution is 0.220. The Balaban J connectivity index is 1.60. The third kappa shape index (κ3) is 4.26. The maximum Gasteiger partial charge on any atom is 0.104 e. The van der Waals surface area contributed by atoms with Crippen molar-refractivity contribution in [2.75, 3.05) is 0 Å². The van der Waals surface area contributed by atoms with Gasteiger partial charge in [-0.2, -0.15) is 0 Å². The Bertz CT molecular complexity index is 1110. The number of hydrogen-bond acceptors (Lipinski definition) is 1. The molecule has 0 fully saturated rings. The standard InChI is InChI=1S/C31H32O/c1-19-15-21(3)29(22(4)16-19)25-7-11-27(12-8-25)31(32)28-13-9-26(10-14-28)30-23(5)17-20(2)18-24(30)6/h7-18,31-32H,1-6H3. The summed E-state index contributed by atoms with van der Waals surface area (Å²) >= 11 is 0. The van der Waals surface area contributed by atoms with Gasteiger partial charge < -0.3 is 5.11 Å². The second-order valence-corrected chi connectivity index (χ2v) is 9.19. The van der Waals surface area contributed by atoms with Gasteiger partial charge in [-0.15, -0.1) is 0 Å². The molecule has 0 aliphatic rings. The minimum Gasteiger partial charge on any atom is -0.384 e. The zero-order chi connectivity index (χ0) is 23.0.